The minimum Gasteiger partial charge on any atom is -0.299 e. The molecule has 0 radical (unpaired) electrons. The van der Waals surface area contributed by atoms with E-state index in [0.29, 0.717) is 24.4 Å². The Bertz CT molecular complexity index is 1320. The lowest BCUT2D eigenvalue weighted by atomic mass is 10.0. The van der Waals surface area contributed by atoms with E-state index in [1.54, 1.807) is 18.2 Å². The molecule has 0 aromatic heterocycles. The minimum atomic E-state index is -3.81. The fraction of sp³-hybridized carbons (Fsp3) is 0.286. The molecular weight excluding hydrogens is 482 g/mol. The topological polar surface area (TPSA) is 71.5 Å². The van der Waals surface area contributed by atoms with Crippen molar-refractivity contribution in [2.45, 2.75) is 50.0 Å². The van der Waals surface area contributed by atoms with Gasteiger partial charge >= 0.3 is 0 Å². The first-order valence-electron chi connectivity index (χ1n) is 11.7. The number of rotatable bonds is 9. The van der Waals surface area contributed by atoms with Gasteiger partial charge in [0.05, 0.1) is 10.9 Å². The van der Waals surface area contributed by atoms with E-state index < -0.39 is 16.1 Å². The van der Waals surface area contributed by atoms with Gasteiger partial charge in [-0.25, -0.2) is 8.42 Å². The lowest BCUT2D eigenvalue weighted by molar-refractivity contribution is -0.121. The van der Waals surface area contributed by atoms with Gasteiger partial charge in [-0.15, -0.1) is 0 Å². The Hall–Kier alpha value is -2.80. The maximum Gasteiger partial charge on any atom is 0.243 e. The van der Waals surface area contributed by atoms with Gasteiger partial charge in [0.15, 0.2) is 5.78 Å². The standard InChI is InChI=1S/C28H28ClNO4S/c1-20-9-10-23(18-26(20)29)17-24(31)16-22-11-13-25(14-12-22)35(33,34)30-15-5-8-27(30)28(32)19-21-6-3-2-4-7-21/h2-4,6-7,9-14,18,27H,5,8,15-17,19H2,1H3/t27-/m0/s1. The molecule has 1 fully saturated rings. The first-order chi connectivity index (χ1) is 16.7. The highest BCUT2D eigenvalue weighted by atomic mass is 35.5. The Morgan fingerprint density at radius 2 is 1.51 bits per heavy atom. The van der Waals surface area contributed by atoms with Gasteiger partial charge in [0, 0.05) is 30.8 Å². The number of nitrogens with zero attached hydrogens (tertiary/aromatic N) is 1. The highest BCUT2D eigenvalue weighted by molar-refractivity contribution is 7.89. The molecule has 0 bridgehead atoms. The molecule has 0 N–H and O–H groups in total. The van der Waals surface area contributed by atoms with Crippen molar-refractivity contribution in [1.29, 1.82) is 0 Å². The zero-order valence-electron chi connectivity index (χ0n) is 19.6. The third-order valence-electron chi connectivity index (χ3n) is 6.37. The van der Waals surface area contributed by atoms with E-state index in [1.165, 1.54) is 16.4 Å². The van der Waals surface area contributed by atoms with E-state index in [9.17, 15) is 18.0 Å². The maximum absolute atomic E-state index is 13.3. The molecule has 0 amide bonds. The number of carbonyl (C=O) groups excluding carboxylic acids is 2. The predicted molar refractivity (Wildman–Crippen MR) is 137 cm³/mol. The van der Waals surface area contributed by atoms with Crippen molar-refractivity contribution < 1.29 is 18.0 Å². The number of ketones is 2. The molecule has 182 valence electrons. The van der Waals surface area contributed by atoms with Crippen LogP contribution in [-0.4, -0.2) is 36.9 Å². The summed E-state index contributed by atoms with van der Waals surface area (Å²) in [6, 6.07) is 20.7. The van der Waals surface area contributed by atoms with E-state index in [4.69, 9.17) is 11.6 Å². The molecule has 1 aliphatic heterocycles. The highest BCUT2D eigenvalue weighted by Gasteiger charge is 2.39. The first kappa shape index (κ1) is 25.3. The molecule has 0 aliphatic carbocycles. The van der Waals surface area contributed by atoms with Gasteiger partial charge in [-0.2, -0.15) is 4.31 Å². The summed E-state index contributed by atoms with van der Waals surface area (Å²) >= 11 is 6.15. The van der Waals surface area contributed by atoms with E-state index in [2.05, 4.69) is 0 Å². The highest BCUT2D eigenvalue weighted by Crippen LogP contribution is 2.28. The van der Waals surface area contributed by atoms with Gasteiger partial charge in [-0.1, -0.05) is 66.2 Å². The van der Waals surface area contributed by atoms with Crippen LogP contribution in [0.3, 0.4) is 0 Å². The average molecular weight is 510 g/mol. The zero-order chi connectivity index (χ0) is 25.0. The van der Waals surface area contributed by atoms with Crippen LogP contribution in [0.25, 0.3) is 0 Å². The van der Waals surface area contributed by atoms with Gasteiger partial charge in [0.25, 0.3) is 0 Å². The number of halogens is 1. The fourth-order valence-electron chi connectivity index (χ4n) is 4.44. The Kier molecular flexibility index (Phi) is 7.85. The first-order valence-corrected chi connectivity index (χ1v) is 13.5. The lowest BCUT2D eigenvalue weighted by Gasteiger charge is -2.23. The molecular formula is C28H28ClNO4S. The molecule has 1 atom stereocenters. The van der Waals surface area contributed by atoms with Crippen LogP contribution < -0.4 is 0 Å². The largest absolute Gasteiger partial charge is 0.299 e. The molecule has 3 aromatic carbocycles. The quantitative estimate of drug-likeness (QED) is 0.408. The zero-order valence-corrected chi connectivity index (χ0v) is 21.2. The molecule has 1 saturated heterocycles. The third kappa shape index (κ3) is 6.07. The van der Waals surface area contributed by atoms with Gasteiger partial charge in [-0.05, 0) is 60.2 Å². The molecule has 1 heterocycles. The van der Waals surface area contributed by atoms with Crippen molar-refractivity contribution in [3.63, 3.8) is 0 Å². The average Bonchev–Trinajstić information content (AvgIpc) is 3.34. The van der Waals surface area contributed by atoms with E-state index in [1.807, 2.05) is 49.4 Å². The normalized spacial score (nSPS) is 16.3. The summed E-state index contributed by atoms with van der Waals surface area (Å²) in [4.78, 5) is 25.6. The summed E-state index contributed by atoms with van der Waals surface area (Å²) in [5.41, 5.74) is 3.43. The van der Waals surface area contributed by atoms with Gasteiger partial charge < -0.3 is 0 Å². The number of Topliss-reactive ketones (excluding diaryl/α,β-unsaturated/α-hetero) is 2. The van der Waals surface area contributed by atoms with E-state index >= 15 is 0 Å². The molecule has 0 saturated carbocycles. The smallest absolute Gasteiger partial charge is 0.243 e. The number of aryl methyl sites for hydroxylation is 1. The summed E-state index contributed by atoms with van der Waals surface area (Å²) < 4.78 is 28.0. The molecule has 4 rings (SSSR count). The van der Waals surface area contributed by atoms with Crippen LogP contribution in [0, 0.1) is 6.92 Å². The summed E-state index contributed by atoms with van der Waals surface area (Å²) in [6.07, 6.45) is 1.86. The monoisotopic (exact) mass is 509 g/mol. The van der Waals surface area contributed by atoms with Crippen molar-refractivity contribution in [1.82, 2.24) is 4.31 Å². The second-order valence-electron chi connectivity index (χ2n) is 9.02. The minimum absolute atomic E-state index is 0.0200. The fourth-order valence-corrected chi connectivity index (χ4v) is 6.32. The summed E-state index contributed by atoms with van der Waals surface area (Å²) in [5, 5.41) is 0.632. The van der Waals surface area contributed by atoms with Crippen LogP contribution in [-0.2, 0) is 38.9 Å². The number of hydrogen-bond acceptors (Lipinski definition) is 4. The van der Waals surface area contributed by atoms with Crippen molar-refractivity contribution >= 4 is 33.2 Å². The van der Waals surface area contributed by atoms with Gasteiger partial charge in [0.1, 0.15) is 5.78 Å². The van der Waals surface area contributed by atoms with Crippen molar-refractivity contribution in [3.8, 4) is 0 Å². The Morgan fingerprint density at radius 3 is 2.20 bits per heavy atom. The molecule has 1 aliphatic rings. The van der Waals surface area contributed by atoms with Crippen molar-refractivity contribution in [3.05, 3.63) is 100 Å². The number of carbonyl (C=O) groups is 2. The second-order valence-corrected chi connectivity index (χ2v) is 11.3. The lowest BCUT2D eigenvalue weighted by Crippen LogP contribution is -2.41. The molecule has 5 nitrogen and oxygen atoms in total. The molecule has 35 heavy (non-hydrogen) atoms. The number of benzene rings is 3. The van der Waals surface area contributed by atoms with E-state index in [-0.39, 0.29) is 35.7 Å². The second kappa shape index (κ2) is 10.9. The van der Waals surface area contributed by atoms with Crippen LogP contribution in [0.1, 0.15) is 35.1 Å². The van der Waals surface area contributed by atoms with Crippen molar-refractivity contribution in [2.75, 3.05) is 6.54 Å². The van der Waals surface area contributed by atoms with Crippen LogP contribution in [0.2, 0.25) is 5.02 Å². The SMILES string of the molecule is Cc1ccc(CC(=O)Cc2ccc(S(=O)(=O)N3CCC[C@H]3C(=O)Cc3ccccc3)cc2)cc1Cl. The summed E-state index contributed by atoms with van der Waals surface area (Å²) in [5.74, 6) is -0.0673. The Balaban J connectivity index is 1.42. The Labute approximate surface area is 211 Å². The summed E-state index contributed by atoms with van der Waals surface area (Å²) in [6.45, 7) is 2.24. The summed E-state index contributed by atoms with van der Waals surface area (Å²) in [7, 11) is -3.81. The number of hydrogen-bond donors (Lipinski definition) is 0. The van der Waals surface area contributed by atoms with Gasteiger partial charge in [0.2, 0.25) is 10.0 Å². The maximum atomic E-state index is 13.3. The van der Waals surface area contributed by atoms with Crippen molar-refractivity contribution in [2.24, 2.45) is 0 Å². The van der Waals surface area contributed by atoms with E-state index in [0.717, 1.165) is 22.3 Å². The molecule has 0 spiro atoms. The molecule has 0 unspecified atom stereocenters. The van der Waals surface area contributed by atoms with Crippen LogP contribution in [0.5, 0.6) is 0 Å². The molecule has 3 aromatic rings. The van der Waals surface area contributed by atoms with Crippen LogP contribution in [0.4, 0.5) is 0 Å². The molecule has 7 heteroatoms. The predicted octanol–water partition coefficient (Wildman–Crippen LogP) is 4.97. The Morgan fingerprint density at radius 1 is 0.886 bits per heavy atom. The van der Waals surface area contributed by atoms with Crippen LogP contribution in [0.15, 0.2) is 77.7 Å². The van der Waals surface area contributed by atoms with Crippen LogP contribution >= 0.6 is 11.6 Å². The van der Waals surface area contributed by atoms with Gasteiger partial charge in [-0.3, -0.25) is 9.59 Å². The number of sulfonamides is 1. The third-order valence-corrected chi connectivity index (χ3v) is 8.69.